The van der Waals surface area contributed by atoms with Crippen LogP contribution in [0.25, 0.3) is 0 Å². The molecule has 0 bridgehead atoms. The fraction of sp³-hybridized carbons (Fsp3) is 0.176. The Hall–Kier alpha value is -1.93. The van der Waals surface area contributed by atoms with E-state index in [4.69, 9.17) is 39.5 Å². The molecule has 2 aromatic rings. The highest BCUT2D eigenvalue weighted by Gasteiger charge is 2.29. The molecule has 1 atom stereocenters. The number of para-hydroxylation sites is 1. The Morgan fingerprint density at radius 2 is 1.71 bits per heavy atom. The number of ether oxygens (including phenoxy) is 1. The summed E-state index contributed by atoms with van der Waals surface area (Å²) in [5.74, 6) is -0.136. The second-order valence-electron chi connectivity index (χ2n) is 5.21. The second-order valence-corrected chi connectivity index (χ2v) is 6.44. The Morgan fingerprint density at radius 1 is 1.12 bits per heavy atom. The number of carbonyl (C=O) groups is 1. The average Bonchev–Trinajstić information content (AvgIpc) is 2.54. The Morgan fingerprint density at radius 3 is 2.29 bits per heavy atom. The summed E-state index contributed by atoms with van der Waals surface area (Å²) >= 11 is 18.0. The average molecular weight is 384 g/mol. The zero-order valence-electron chi connectivity index (χ0n) is 12.6. The van der Waals surface area contributed by atoms with Gasteiger partial charge in [0.25, 0.3) is 5.91 Å². The standard InChI is InChI=1S/C17H13Cl3N2O2/c1-17(9-21,10-24-14-8-3-2-5-11(14)18)22-16(23)15-12(19)6-4-7-13(15)20/h2-8H,10H2,1H3,(H,22,23). The van der Waals surface area contributed by atoms with Crippen LogP contribution >= 0.6 is 34.8 Å². The highest BCUT2D eigenvalue weighted by Crippen LogP contribution is 2.26. The molecule has 4 nitrogen and oxygen atoms in total. The molecule has 124 valence electrons. The van der Waals surface area contributed by atoms with Gasteiger partial charge in [0.1, 0.15) is 12.4 Å². The molecule has 1 unspecified atom stereocenters. The van der Waals surface area contributed by atoms with E-state index in [0.29, 0.717) is 10.8 Å². The lowest BCUT2D eigenvalue weighted by Crippen LogP contribution is -2.49. The van der Waals surface area contributed by atoms with Gasteiger partial charge < -0.3 is 10.1 Å². The third-order valence-corrected chi connectivity index (χ3v) is 4.12. The van der Waals surface area contributed by atoms with E-state index in [1.807, 2.05) is 6.07 Å². The molecule has 0 spiro atoms. The number of halogens is 3. The van der Waals surface area contributed by atoms with Crippen LogP contribution in [-0.2, 0) is 0 Å². The van der Waals surface area contributed by atoms with Gasteiger partial charge in [-0.2, -0.15) is 5.26 Å². The van der Waals surface area contributed by atoms with Gasteiger partial charge in [-0.15, -0.1) is 0 Å². The van der Waals surface area contributed by atoms with E-state index >= 15 is 0 Å². The first-order valence-electron chi connectivity index (χ1n) is 6.91. The van der Waals surface area contributed by atoms with Crippen molar-refractivity contribution in [3.8, 4) is 11.8 Å². The van der Waals surface area contributed by atoms with Crippen molar-refractivity contribution in [1.29, 1.82) is 5.26 Å². The first-order chi connectivity index (χ1) is 11.4. The van der Waals surface area contributed by atoms with E-state index in [1.54, 1.807) is 42.5 Å². The number of nitrogens with zero attached hydrogens (tertiary/aromatic N) is 1. The van der Waals surface area contributed by atoms with Crippen molar-refractivity contribution < 1.29 is 9.53 Å². The minimum Gasteiger partial charge on any atom is -0.488 e. The van der Waals surface area contributed by atoms with Crippen LogP contribution in [0.4, 0.5) is 0 Å². The van der Waals surface area contributed by atoms with Gasteiger partial charge in [-0.25, -0.2) is 0 Å². The molecule has 0 aliphatic carbocycles. The molecule has 0 aliphatic heterocycles. The molecular formula is C17H13Cl3N2O2. The summed E-state index contributed by atoms with van der Waals surface area (Å²) in [5.41, 5.74) is -1.18. The fourth-order valence-electron chi connectivity index (χ4n) is 1.91. The summed E-state index contributed by atoms with van der Waals surface area (Å²) in [5, 5.41) is 12.8. The van der Waals surface area contributed by atoms with Crippen LogP contribution in [0.15, 0.2) is 42.5 Å². The zero-order valence-corrected chi connectivity index (χ0v) is 14.9. The van der Waals surface area contributed by atoms with E-state index in [9.17, 15) is 10.1 Å². The van der Waals surface area contributed by atoms with Crippen molar-refractivity contribution in [2.75, 3.05) is 6.61 Å². The molecule has 0 heterocycles. The largest absolute Gasteiger partial charge is 0.488 e. The number of hydrogen-bond donors (Lipinski definition) is 1. The smallest absolute Gasteiger partial charge is 0.255 e. The van der Waals surface area contributed by atoms with Crippen LogP contribution in [0, 0.1) is 11.3 Å². The summed E-state index contributed by atoms with van der Waals surface area (Å²) in [6.07, 6.45) is 0. The lowest BCUT2D eigenvalue weighted by atomic mass is 10.0. The topological polar surface area (TPSA) is 62.1 Å². The Kier molecular flexibility index (Phi) is 5.95. The Balaban J connectivity index is 2.14. The molecule has 24 heavy (non-hydrogen) atoms. The van der Waals surface area contributed by atoms with Gasteiger partial charge in [0.05, 0.1) is 26.7 Å². The number of nitriles is 1. The lowest BCUT2D eigenvalue weighted by molar-refractivity contribution is 0.0901. The maximum atomic E-state index is 12.4. The van der Waals surface area contributed by atoms with Crippen molar-refractivity contribution in [3.63, 3.8) is 0 Å². The minimum atomic E-state index is -1.29. The first-order valence-corrected chi connectivity index (χ1v) is 8.05. The predicted octanol–water partition coefficient (Wildman–Crippen LogP) is 4.74. The quantitative estimate of drug-likeness (QED) is 0.811. The van der Waals surface area contributed by atoms with Crippen molar-refractivity contribution in [1.82, 2.24) is 5.32 Å². The van der Waals surface area contributed by atoms with Crippen molar-refractivity contribution >= 4 is 40.7 Å². The van der Waals surface area contributed by atoms with Crippen LogP contribution in [0.2, 0.25) is 15.1 Å². The molecule has 7 heteroatoms. The number of carbonyl (C=O) groups excluding carboxylic acids is 1. The number of rotatable bonds is 5. The monoisotopic (exact) mass is 382 g/mol. The molecule has 0 aromatic heterocycles. The second kappa shape index (κ2) is 7.76. The molecule has 0 saturated carbocycles. The van der Waals surface area contributed by atoms with Gasteiger partial charge in [0.15, 0.2) is 5.54 Å². The van der Waals surface area contributed by atoms with Crippen molar-refractivity contribution in [3.05, 3.63) is 63.1 Å². The predicted molar refractivity (Wildman–Crippen MR) is 94.9 cm³/mol. The van der Waals surface area contributed by atoms with E-state index in [1.165, 1.54) is 6.92 Å². The molecule has 0 aliphatic rings. The lowest BCUT2D eigenvalue weighted by Gasteiger charge is -2.24. The SMILES string of the molecule is CC(C#N)(COc1ccccc1Cl)NC(=O)c1c(Cl)cccc1Cl. The van der Waals surface area contributed by atoms with Crippen molar-refractivity contribution in [2.45, 2.75) is 12.5 Å². The maximum Gasteiger partial charge on any atom is 0.255 e. The molecule has 0 fully saturated rings. The van der Waals surface area contributed by atoms with Gasteiger partial charge in [0, 0.05) is 0 Å². The molecular weight excluding hydrogens is 371 g/mol. The molecule has 2 rings (SSSR count). The van der Waals surface area contributed by atoms with Crippen LogP contribution in [0.3, 0.4) is 0 Å². The van der Waals surface area contributed by atoms with Crippen molar-refractivity contribution in [2.24, 2.45) is 0 Å². The van der Waals surface area contributed by atoms with E-state index in [2.05, 4.69) is 5.32 Å². The van der Waals surface area contributed by atoms with Gasteiger partial charge in [-0.3, -0.25) is 4.79 Å². The Bertz CT molecular complexity index is 784. The fourth-order valence-corrected chi connectivity index (χ4v) is 2.67. The summed E-state index contributed by atoms with van der Waals surface area (Å²) in [6, 6.07) is 13.6. The minimum absolute atomic E-state index is 0.0962. The molecule has 1 amide bonds. The third-order valence-electron chi connectivity index (χ3n) is 3.18. The summed E-state index contributed by atoms with van der Waals surface area (Å²) in [4.78, 5) is 12.4. The van der Waals surface area contributed by atoms with Gasteiger partial charge in [-0.1, -0.05) is 53.0 Å². The number of nitrogens with one attached hydrogen (secondary N) is 1. The molecule has 0 radical (unpaired) electrons. The normalized spacial score (nSPS) is 12.8. The van der Waals surface area contributed by atoms with Crippen LogP contribution < -0.4 is 10.1 Å². The number of benzene rings is 2. The van der Waals surface area contributed by atoms with E-state index in [0.717, 1.165) is 0 Å². The van der Waals surface area contributed by atoms with E-state index in [-0.39, 0.29) is 22.2 Å². The summed E-state index contributed by atoms with van der Waals surface area (Å²) < 4.78 is 5.55. The van der Waals surface area contributed by atoms with Crippen LogP contribution in [0.5, 0.6) is 5.75 Å². The van der Waals surface area contributed by atoms with Gasteiger partial charge in [0.2, 0.25) is 0 Å². The Labute approximate surface area is 154 Å². The zero-order chi connectivity index (χ0) is 17.7. The highest BCUT2D eigenvalue weighted by atomic mass is 35.5. The summed E-state index contributed by atoms with van der Waals surface area (Å²) in [6.45, 7) is 1.44. The number of amides is 1. The first kappa shape index (κ1) is 18.4. The number of hydrogen-bond acceptors (Lipinski definition) is 3. The van der Waals surface area contributed by atoms with Gasteiger partial charge in [-0.05, 0) is 31.2 Å². The highest BCUT2D eigenvalue weighted by molar-refractivity contribution is 6.39. The van der Waals surface area contributed by atoms with Crippen LogP contribution in [-0.4, -0.2) is 18.1 Å². The third kappa shape index (κ3) is 4.33. The molecule has 1 N–H and O–H groups in total. The summed E-state index contributed by atoms with van der Waals surface area (Å²) in [7, 11) is 0. The maximum absolute atomic E-state index is 12.4. The van der Waals surface area contributed by atoms with Gasteiger partial charge >= 0.3 is 0 Å². The van der Waals surface area contributed by atoms with E-state index < -0.39 is 11.4 Å². The molecule has 2 aromatic carbocycles. The molecule has 0 saturated heterocycles. The van der Waals surface area contributed by atoms with Crippen LogP contribution in [0.1, 0.15) is 17.3 Å².